The van der Waals surface area contributed by atoms with Crippen LogP contribution in [0.25, 0.3) is 10.9 Å². The maximum absolute atomic E-state index is 13.4. The molecule has 2 heterocycles. The molecule has 5 rings (SSSR count). The third kappa shape index (κ3) is 4.95. The fourth-order valence-corrected chi connectivity index (χ4v) is 5.46. The fraction of sp³-hybridized carbons (Fsp3) is 0.429. The molecule has 0 saturated heterocycles. The third-order valence-corrected chi connectivity index (χ3v) is 7.57. The van der Waals surface area contributed by atoms with Crippen molar-refractivity contribution >= 4 is 10.9 Å². The van der Waals surface area contributed by atoms with Crippen LogP contribution in [0.3, 0.4) is 0 Å². The highest BCUT2D eigenvalue weighted by molar-refractivity contribution is 5.80. The molecule has 0 amide bonds. The molecule has 1 saturated carbocycles. The van der Waals surface area contributed by atoms with E-state index in [1.807, 2.05) is 12.1 Å². The summed E-state index contributed by atoms with van der Waals surface area (Å²) in [5.74, 6) is 0.512. The Morgan fingerprint density at radius 2 is 1.83 bits per heavy atom. The van der Waals surface area contributed by atoms with Gasteiger partial charge < -0.3 is 4.98 Å². The molecule has 1 aliphatic rings. The van der Waals surface area contributed by atoms with Crippen molar-refractivity contribution in [2.75, 3.05) is 0 Å². The predicted molar refractivity (Wildman–Crippen MR) is 138 cm³/mol. The summed E-state index contributed by atoms with van der Waals surface area (Å²) in [6.45, 7) is 7.29. The Kier molecular flexibility index (Phi) is 6.96. The largest absolute Gasteiger partial charge is 0.322 e. The molecule has 1 N–H and O–H groups in total. The second-order valence-corrected chi connectivity index (χ2v) is 10.0. The van der Waals surface area contributed by atoms with Gasteiger partial charge in [-0.3, -0.25) is 9.69 Å². The zero-order chi connectivity index (χ0) is 25.2. The van der Waals surface area contributed by atoms with Crippen molar-refractivity contribution in [3.8, 4) is 0 Å². The van der Waals surface area contributed by atoms with Gasteiger partial charge >= 0.3 is 0 Å². The molecule has 1 unspecified atom stereocenters. The molecule has 2 aromatic carbocycles. The summed E-state index contributed by atoms with van der Waals surface area (Å²) in [6, 6.07) is 13.0. The highest BCUT2D eigenvalue weighted by atomic mass is 19.1. The van der Waals surface area contributed by atoms with Gasteiger partial charge in [-0.2, -0.15) is 0 Å². The lowest BCUT2D eigenvalue weighted by Gasteiger charge is -2.35. The second kappa shape index (κ2) is 10.3. The first-order valence-corrected chi connectivity index (χ1v) is 12.8. The first-order valence-electron chi connectivity index (χ1n) is 12.8. The van der Waals surface area contributed by atoms with Gasteiger partial charge in [0, 0.05) is 23.7 Å². The SMILES string of the molecule is CCC(c1nnnn1Cc1ccc(F)cc1)N(Cc1cc2cc(C)c(C)cc2[nH]c1=O)C1CCCC1. The normalized spacial score (nSPS) is 15.2. The molecule has 1 aliphatic carbocycles. The number of benzene rings is 2. The maximum atomic E-state index is 13.4. The summed E-state index contributed by atoms with van der Waals surface area (Å²) in [5, 5.41) is 13.7. The van der Waals surface area contributed by atoms with Crippen LogP contribution in [0.2, 0.25) is 0 Å². The van der Waals surface area contributed by atoms with E-state index >= 15 is 0 Å². The van der Waals surface area contributed by atoms with E-state index < -0.39 is 0 Å². The number of tetrazole rings is 1. The summed E-state index contributed by atoms with van der Waals surface area (Å²) in [6.07, 6.45) is 5.37. The van der Waals surface area contributed by atoms with Crippen LogP contribution in [0.4, 0.5) is 4.39 Å². The number of hydrogen-bond donors (Lipinski definition) is 1. The molecule has 1 fully saturated rings. The number of H-pyrrole nitrogens is 1. The first kappa shape index (κ1) is 24.3. The van der Waals surface area contributed by atoms with E-state index in [-0.39, 0.29) is 17.4 Å². The van der Waals surface area contributed by atoms with Crippen molar-refractivity contribution in [3.63, 3.8) is 0 Å². The third-order valence-electron chi connectivity index (χ3n) is 7.57. The van der Waals surface area contributed by atoms with Gasteiger partial charge in [0.15, 0.2) is 5.82 Å². The molecule has 7 nitrogen and oxygen atoms in total. The van der Waals surface area contributed by atoms with E-state index in [4.69, 9.17) is 0 Å². The van der Waals surface area contributed by atoms with E-state index in [0.717, 1.165) is 52.7 Å². The van der Waals surface area contributed by atoms with Gasteiger partial charge in [-0.25, -0.2) is 9.07 Å². The van der Waals surface area contributed by atoms with Crippen molar-refractivity contribution in [1.82, 2.24) is 30.1 Å². The number of rotatable bonds is 8. The number of fused-ring (bicyclic) bond motifs is 1. The Hall–Kier alpha value is -3.39. The molecule has 8 heteroatoms. The molecule has 188 valence electrons. The number of halogens is 1. The highest BCUT2D eigenvalue weighted by Crippen LogP contribution is 2.34. The average molecular weight is 489 g/mol. The van der Waals surface area contributed by atoms with Crippen LogP contribution in [-0.4, -0.2) is 36.1 Å². The molecule has 0 radical (unpaired) electrons. The van der Waals surface area contributed by atoms with Gasteiger partial charge in [0.25, 0.3) is 5.56 Å². The summed E-state index contributed by atoms with van der Waals surface area (Å²) < 4.78 is 15.2. The molecule has 36 heavy (non-hydrogen) atoms. The highest BCUT2D eigenvalue weighted by Gasteiger charge is 2.32. The standard InChI is InChI=1S/C28H33FN6O/c1-4-26(27-31-32-33-35(27)16-20-9-11-23(29)12-10-20)34(24-7-5-6-8-24)17-22-15-21-13-18(2)19(3)14-25(21)30-28(22)36/h9-15,24,26H,4-8,16-17H2,1-3H3,(H,30,36). The Balaban J connectivity index is 1.50. The quantitative estimate of drug-likeness (QED) is 0.368. The van der Waals surface area contributed by atoms with Crippen LogP contribution in [0, 0.1) is 19.7 Å². The summed E-state index contributed by atoms with van der Waals surface area (Å²) >= 11 is 0. The minimum atomic E-state index is -0.263. The summed E-state index contributed by atoms with van der Waals surface area (Å²) in [4.78, 5) is 18.7. The van der Waals surface area contributed by atoms with Crippen molar-refractivity contribution in [2.24, 2.45) is 0 Å². The van der Waals surface area contributed by atoms with E-state index in [2.05, 4.69) is 52.2 Å². The number of aryl methyl sites for hydroxylation is 2. The zero-order valence-corrected chi connectivity index (χ0v) is 21.2. The lowest BCUT2D eigenvalue weighted by molar-refractivity contribution is 0.112. The molecule has 4 aromatic rings. The van der Waals surface area contributed by atoms with E-state index in [1.54, 1.807) is 16.8 Å². The van der Waals surface area contributed by atoms with Gasteiger partial charge in [0.05, 0.1) is 12.6 Å². The average Bonchev–Trinajstić information content (AvgIpc) is 3.55. The monoisotopic (exact) mass is 488 g/mol. The molecular weight excluding hydrogens is 455 g/mol. The lowest BCUT2D eigenvalue weighted by Crippen LogP contribution is -2.39. The van der Waals surface area contributed by atoms with Gasteiger partial charge in [-0.15, -0.1) is 5.10 Å². The van der Waals surface area contributed by atoms with Gasteiger partial charge in [0.2, 0.25) is 0 Å². The van der Waals surface area contributed by atoms with Crippen LogP contribution >= 0.6 is 0 Å². The number of nitrogens with one attached hydrogen (secondary N) is 1. The minimum absolute atomic E-state index is 0.0431. The molecular formula is C28H33FN6O. The maximum Gasteiger partial charge on any atom is 0.252 e. The number of pyridine rings is 1. The number of nitrogens with zero attached hydrogens (tertiary/aromatic N) is 5. The fourth-order valence-electron chi connectivity index (χ4n) is 5.46. The van der Waals surface area contributed by atoms with Gasteiger partial charge in [0.1, 0.15) is 5.82 Å². The Bertz CT molecular complexity index is 1400. The smallest absolute Gasteiger partial charge is 0.252 e. The van der Waals surface area contributed by atoms with E-state index in [1.165, 1.54) is 30.5 Å². The molecule has 0 aliphatic heterocycles. The summed E-state index contributed by atoms with van der Waals surface area (Å²) in [7, 11) is 0. The Morgan fingerprint density at radius 3 is 2.56 bits per heavy atom. The van der Waals surface area contributed by atoms with Crippen LogP contribution < -0.4 is 5.56 Å². The van der Waals surface area contributed by atoms with Crippen molar-refractivity contribution in [1.29, 1.82) is 0 Å². The van der Waals surface area contributed by atoms with Gasteiger partial charge in [-0.1, -0.05) is 31.9 Å². The topological polar surface area (TPSA) is 79.7 Å². The molecule has 0 spiro atoms. The van der Waals surface area contributed by atoms with Crippen LogP contribution in [0.15, 0.2) is 47.3 Å². The van der Waals surface area contributed by atoms with Crippen molar-refractivity contribution in [3.05, 3.63) is 86.7 Å². The Morgan fingerprint density at radius 1 is 1.11 bits per heavy atom. The minimum Gasteiger partial charge on any atom is -0.322 e. The summed E-state index contributed by atoms with van der Waals surface area (Å²) in [5.41, 5.74) is 4.89. The van der Waals surface area contributed by atoms with E-state index in [9.17, 15) is 9.18 Å². The van der Waals surface area contributed by atoms with Crippen molar-refractivity contribution in [2.45, 2.75) is 78.0 Å². The van der Waals surface area contributed by atoms with Crippen LogP contribution in [0.5, 0.6) is 0 Å². The zero-order valence-electron chi connectivity index (χ0n) is 21.2. The predicted octanol–water partition coefficient (Wildman–Crippen LogP) is 5.21. The molecule has 0 bridgehead atoms. The second-order valence-electron chi connectivity index (χ2n) is 10.0. The van der Waals surface area contributed by atoms with E-state index in [0.29, 0.717) is 19.1 Å². The number of hydrogen-bond acceptors (Lipinski definition) is 5. The Labute approximate surface area is 210 Å². The van der Waals surface area contributed by atoms with Gasteiger partial charge in [-0.05, 0) is 95.9 Å². The van der Waals surface area contributed by atoms with Crippen molar-refractivity contribution < 1.29 is 4.39 Å². The number of aromatic nitrogens is 5. The molecule has 2 aromatic heterocycles. The lowest BCUT2D eigenvalue weighted by atomic mass is 10.0. The number of aromatic amines is 1. The first-order chi connectivity index (χ1) is 17.4. The van der Waals surface area contributed by atoms with Crippen LogP contribution in [0.1, 0.15) is 73.1 Å². The van der Waals surface area contributed by atoms with Crippen LogP contribution in [-0.2, 0) is 13.1 Å². The molecule has 1 atom stereocenters.